The van der Waals surface area contributed by atoms with Crippen molar-refractivity contribution in [3.8, 4) is 5.75 Å². The molecule has 0 bridgehead atoms. The Labute approximate surface area is 224 Å². The molecule has 0 spiro atoms. The van der Waals surface area contributed by atoms with Crippen molar-refractivity contribution in [2.45, 2.75) is 77.0 Å². The Morgan fingerprint density at radius 3 is 2.68 bits per heavy atom. The molecule has 37 heavy (non-hydrogen) atoms. The number of hydrogen-bond donors (Lipinski definition) is 1. The van der Waals surface area contributed by atoms with E-state index < -0.39 is 5.67 Å². The van der Waals surface area contributed by atoms with Crippen LogP contribution in [0.5, 0.6) is 5.75 Å². The van der Waals surface area contributed by atoms with E-state index in [0.717, 1.165) is 61.0 Å². The van der Waals surface area contributed by atoms with E-state index in [1.165, 1.54) is 10.9 Å². The minimum Gasteiger partial charge on any atom is -0.494 e. The molecule has 1 saturated carbocycles. The highest BCUT2D eigenvalue weighted by Crippen LogP contribution is 2.44. The highest BCUT2D eigenvalue weighted by molar-refractivity contribution is 6.31. The Kier molecular flexibility index (Phi) is 7.83. The highest BCUT2D eigenvalue weighted by atomic mass is 35.5. The summed E-state index contributed by atoms with van der Waals surface area (Å²) in [5, 5.41) is 1.85. The molecule has 2 aliphatic rings. The van der Waals surface area contributed by atoms with Crippen molar-refractivity contribution in [1.29, 1.82) is 0 Å². The van der Waals surface area contributed by atoms with Gasteiger partial charge in [0.15, 0.2) is 0 Å². The van der Waals surface area contributed by atoms with E-state index in [0.29, 0.717) is 24.1 Å². The number of alkyl halides is 2. The van der Waals surface area contributed by atoms with Crippen LogP contribution < -0.4 is 4.74 Å². The van der Waals surface area contributed by atoms with Gasteiger partial charge in [0.1, 0.15) is 11.4 Å². The maximum absolute atomic E-state index is 15.0. The van der Waals surface area contributed by atoms with Crippen LogP contribution in [0.2, 0.25) is 5.02 Å². The lowest BCUT2D eigenvalue weighted by Crippen LogP contribution is -2.47. The minimum atomic E-state index is -1.34. The summed E-state index contributed by atoms with van der Waals surface area (Å²) in [6.45, 7) is 6.16. The quantitative estimate of drug-likeness (QED) is 0.317. The van der Waals surface area contributed by atoms with Gasteiger partial charge in [-0.1, -0.05) is 48.7 Å². The average molecular weight is 529 g/mol. The second-order valence-corrected chi connectivity index (χ2v) is 12.2. The molecule has 200 valence electrons. The zero-order valence-electron chi connectivity index (χ0n) is 22.2. The average Bonchev–Trinajstić information content (AvgIpc) is 3.22. The van der Waals surface area contributed by atoms with Crippen LogP contribution in [0, 0.1) is 11.8 Å². The number of hydrogen-bond acceptors (Lipinski definition) is 2. The van der Waals surface area contributed by atoms with Crippen molar-refractivity contribution in [2.24, 2.45) is 11.8 Å². The topological polar surface area (TPSA) is 28.3 Å². The van der Waals surface area contributed by atoms with Gasteiger partial charge in [-0.2, -0.15) is 0 Å². The van der Waals surface area contributed by atoms with Crippen LogP contribution in [0.4, 0.5) is 8.78 Å². The summed E-state index contributed by atoms with van der Waals surface area (Å²) in [7, 11) is 0. The molecule has 6 heteroatoms. The molecule has 1 aliphatic heterocycles. The lowest BCUT2D eigenvalue weighted by atomic mass is 9.81. The van der Waals surface area contributed by atoms with Gasteiger partial charge >= 0.3 is 0 Å². The molecular weight excluding hydrogens is 490 g/mol. The fraction of sp³-hybridized carbons (Fsp3) is 0.548. The summed E-state index contributed by atoms with van der Waals surface area (Å²) in [5.41, 5.74) is 3.09. The van der Waals surface area contributed by atoms with E-state index >= 15 is 0 Å². The number of aromatic nitrogens is 1. The smallest absolute Gasteiger partial charge is 0.120 e. The van der Waals surface area contributed by atoms with Crippen LogP contribution in [0.25, 0.3) is 10.9 Å². The van der Waals surface area contributed by atoms with E-state index in [9.17, 15) is 8.78 Å². The first-order valence-electron chi connectivity index (χ1n) is 13.8. The molecule has 0 saturated heterocycles. The van der Waals surface area contributed by atoms with Gasteiger partial charge in [-0.15, -0.1) is 0 Å². The van der Waals surface area contributed by atoms with Crippen LogP contribution in [0.3, 0.4) is 0 Å². The molecular formula is C31H39ClF2N2O. The summed E-state index contributed by atoms with van der Waals surface area (Å²) in [6.07, 6.45) is 6.05. The second-order valence-electron chi connectivity index (χ2n) is 11.8. The Balaban J connectivity index is 1.39. The van der Waals surface area contributed by atoms with E-state index in [1.54, 1.807) is 13.8 Å². The number of nitrogens with one attached hydrogen (secondary N) is 1. The number of para-hydroxylation sites is 1. The summed E-state index contributed by atoms with van der Waals surface area (Å²) in [4.78, 5) is 5.88. The van der Waals surface area contributed by atoms with E-state index in [-0.39, 0.29) is 24.7 Å². The number of halogens is 3. The van der Waals surface area contributed by atoms with Gasteiger partial charge < -0.3 is 9.72 Å². The molecule has 2 unspecified atom stereocenters. The van der Waals surface area contributed by atoms with Gasteiger partial charge in [0.25, 0.3) is 0 Å². The molecule has 3 nitrogen and oxygen atoms in total. The second kappa shape index (κ2) is 10.9. The zero-order valence-corrected chi connectivity index (χ0v) is 23.0. The SMILES string of the molecule is C[C@@H]1Cc2c([nH]c3ccccc23)[C@@H](c2ccc(OCCC3CCCC(CF)C3)cc2Cl)N1CC(C)(C)F. The largest absolute Gasteiger partial charge is 0.494 e. The van der Waals surface area contributed by atoms with Crippen molar-refractivity contribution in [1.82, 2.24) is 9.88 Å². The molecule has 3 aromatic rings. The third kappa shape index (κ3) is 5.83. The van der Waals surface area contributed by atoms with Crippen LogP contribution in [-0.4, -0.2) is 41.4 Å². The number of fused-ring (bicyclic) bond motifs is 3. The van der Waals surface area contributed by atoms with Crippen molar-refractivity contribution in [2.75, 3.05) is 19.8 Å². The molecule has 0 amide bonds. The predicted molar refractivity (Wildman–Crippen MR) is 148 cm³/mol. The molecule has 2 heterocycles. The van der Waals surface area contributed by atoms with Gasteiger partial charge in [0.2, 0.25) is 0 Å². The maximum atomic E-state index is 15.0. The van der Waals surface area contributed by atoms with Gasteiger partial charge in [0.05, 0.1) is 19.3 Å². The molecule has 1 fully saturated rings. The van der Waals surface area contributed by atoms with Crippen LogP contribution in [0.15, 0.2) is 42.5 Å². The van der Waals surface area contributed by atoms with Crippen molar-refractivity contribution in [3.63, 3.8) is 0 Å². The van der Waals surface area contributed by atoms with Crippen molar-refractivity contribution >= 4 is 22.5 Å². The van der Waals surface area contributed by atoms with E-state index in [2.05, 4.69) is 35.0 Å². The van der Waals surface area contributed by atoms with Gasteiger partial charge in [-0.3, -0.25) is 9.29 Å². The molecule has 1 aromatic heterocycles. The lowest BCUT2D eigenvalue weighted by Gasteiger charge is -2.43. The summed E-state index contributed by atoms with van der Waals surface area (Å²) in [5.74, 6) is 1.49. The number of aromatic amines is 1. The monoisotopic (exact) mass is 528 g/mol. The molecule has 5 rings (SSSR count). The molecule has 1 N–H and O–H groups in total. The Bertz CT molecular complexity index is 1220. The third-order valence-electron chi connectivity index (χ3n) is 8.25. The number of H-pyrrole nitrogens is 1. The maximum Gasteiger partial charge on any atom is 0.120 e. The first-order valence-corrected chi connectivity index (χ1v) is 14.1. The molecule has 2 aromatic carbocycles. The third-order valence-corrected chi connectivity index (χ3v) is 8.57. The minimum absolute atomic E-state index is 0.155. The lowest BCUT2D eigenvalue weighted by molar-refractivity contribution is 0.0668. The van der Waals surface area contributed by atoms with Crippen LogP contribution in [0.1, 0.15) is 75.7 Å². The summed E-state index contributed by atoms with van der Waals surface area (Å²) < 4.78 is 34.2. The van der Waals surface area contributed by atoms with E-state index in [4.69, 9.17) is 16.3 Å². The highest BCUT2D eigenvalue weighted by Gasteiger charge is 2.39. The Hall–Kier alpha value is -2.11. The first-order chi connectivity index (χ1) is 17.7. The first kappa shape index (κ1) is 26.5. The number of rotatable bonds is 8. The van der Waals surface area contributed by atoms with Gasteiger partial charge in [0, 0.05) is 34.2 Å². The standard InChI is InChI=1S/C31H39ClF2N2O/c1-20-15-26-24-9-4-5-10-28(24)35-29(26)30(36(20)19-31(2,3)34)25-12-11-23(17-27(25)32)37-14-13-21-7-6-8-22(16-21)18-33/h4-5,9-12,17,20-22,30,35H,6-8,13-16,18-19H2,1-3H3/t20-,21?,22?,30-/m1/s1. The number of nitrogens with zero attached hydrogens (tertiary/aromatic N) is 1. The molecule has 4 atom stereocenters. The number of benzene rings is 2. The normalized spacial score (nSPS) is 24.8. The fourth-order valence-corrected chi connectivity index (χ4v) is 6.76. The van der Waals surface area contributed by atoms with E-state index in [1.807, 2.05) is 24.3 Å². The Morgan fingerprint density at radius 2 is 1.92 bits per heavy atom. The van der Waals surface area contributed by atoms with Crippen molar-refractivity contribution < 1.29 is 13.5 Å². The van der Waals surface area contributed by atoms with Crippen LogP contribution in [-0.2, 0) is 6.42 Å². The fourth-order valence-electron chi connectivity index (χ4n) is 6.49. The molecule has 0 radical (unpaired) electrons. The number of ether oxygens (including phenoxy) is 1. The summed E-state index contributed by atoms with van der Waals surface area (Å²) >= 11 is 6.92. The zero-order chi connectivity index (χ0) is 26.2. The Morgan fingerprint density at radius 1 is 1.14 bits per heavy atom. The van der Waals surface area contributed by atoms with Gasteiger partial charge in [-0.05, 0) is 87.6 Å². The van der Waals surface area contributed by atoms with Crippen LogP contribution >= 0.6 is 11.6 Å². The van der Waals surface area contributed by atoms with Gasteiger partial charge in [-0.25, -0.2) is 4.39 Å². The van der Waals surface area contributed by atoms with Crippen molar-refractivity contribution in [3.05, 3.63) is 64.3 Å². The predicted octanol–water partition coefficient (Wildman–Crippen LogP) is 8.45. The summed E-state index contributed by atoms with van der Waals surface area (Å²) in [6, 6.07) is 14.2. The molecule has 1 aliphatic carbocycles.